The Hall–Kier alpha value is -0.190. The smallest absolute Gasteiger partial charge is 0.307 e. The Morgan fingerprint density at radius 1 is 1.25 bits per heavy atom. The van der Waals surface area contributed by atoms with Crippen LogP contribution < -0.4 is 5.73 Å². The van der Waals surface area contributed by atoms with E-state index in [1.54, 1.807) is 6.07 Å². The average molecular weight is 359 g/mol. The Morgan fingerprint density at radius 2 is 1.85 bits per heavy atom. The molecule has 0 amide bonds. The van der Waals surface area contributed by atoms with E-state index in [1.807, 2.05) is 6.92 Å². The van der Waals surface area contributed by atoms with Crippen molar-refractivity contribution in [1.29, 1.82) is 0 Å². The van der Waals surface area contributed by atoms with E-state index >= 15 is 0 Å². The lowest BCUT2D eigenvalue weighted by molar-refractivity contribution is -0.141. The summed E-state index contributed by atoms with van der Waals surface area (Å²) >= 11 is 24.0. The van der Waals surface area contributed by atoms with Crippen molar-refractivity contribution < 1.29 is 9.90 Å². The molecule has 2 unspecified atom stereocenters. The summed E-state index contributed by atoms with van der Waals surface area (Å²) in [5.41, 5.74) is 6.20. The molecule has 1 rings (SSSR count). The first-order valence-electron chi connectivity index (χ1n) is 6.02. The largest absolute Gasteiger partial charge is 0.481 e. The van der Waals surface area contributed by atoms with E-state index in [9.17, 15) is 4.79 Å². The molecule has 3 N–H and O–H groups in total. The summed E-state index contributed by atoms with van der Waals surface area (Å²) in [5, 5.41) is 10.1. The van der Waals surface area contributed by atoms with Crippen molar-refractivity contribution in [1.82, 2.24) is 0 Å². The molecule has 2 atom stereocenters. The van der Waals surface area contributed by atoms with E-state index in [4.69, 9.17) is 57.2 Å². The van der Waals surface area contributed by atoms with Gasteiger partial charge in [-0.25, -0.2) is 0 Å². The Morgan fingerprint density at radius 3 is 2.35 bits per heavy atom. The second-order valence-electron chi connectivity index (χ2n) is 4.78. The fraction of sp³-hybridized carbons (Fsp3) is 0.462. The van der Waals surface area contributed by atoms with Crippen LogP contribution in [0.25, 0.3) is 0 Å². The van der Waals surface area contributed by atoms with Gasteiger partial charge in [0.05, 0.1) is 26.0 Å². The van der Waals surface area contributed by atoms with Crippen molar-refractivity contribution in [2.24, 2.45) is 17.6 Å². The van der Waals surface area contributed by atoms with Crippen LogP contribution in [0.15, 0.2) is 6.07 Å². The number of halogens is 4. The third-order valence-electron chi connectivity index (χ3n) is 3.07. The highest BCUT2D eigenvalue weighted by Crippen LogP contribution is 2.39. The van der Waals surface area contributed by atoms with Crippen molar-refractivity contribution in [3.05, 3.63) is 31.7 Å². The molecule has 0 aliphatic heterocycles. The molecule has 0 fully saturated rings. The molecule has 20 heavy (non-hydrogen) atoms. The summed E-state index contributed by atoms with van der Waals surface area (Å²) in [6.45, 7) is 2.04. The SMILES string of the molecule is CC(Cc1cc(Cl)c(Cl)c(Cl)c1Cl)CC(CN)C(=O)O. The van der Waals surface area contributed by atoms with Crippen LogP contribution in [-0.4, -0.2) is 17.6 Å². The number of carbonyl (C=O) groups is 1. The van der Waals surface area contributed by atoms with Gasteiger partial charge in [-0.3, -0.25) is 4.79 Å². The van der Waals surface area contributed by atoms with Crippen LogP contribution >= 0.6 is 46.4 Å². The minimum Gasteiger partial charge on any atom is -0.481 e. The Labute approximate surface area is 137 Å². The van der Waals surface area contributed by atoms with Crippen LogP contribution in [-0.2, 0) is 11.2 Å². The lowest BCUT2D eigenvalue weighted by atomic mass is 9.91. The molecule has 112 valence electrons. The van der Waals surface area contributed by atoms with Gasteiger partial charge in [-0.05, 0) is 30.4 Å². The monoisotopic (exact) mass is 357 g/mol. The van der Waals surface area contributed by atoms with E-state index in [1.165, 1.54) is 0 Å². The Bertz CT molecular complexity index is 508. The van der Waals surface area contributed by atoms with E-state index in [2.05, 4.69) is 0 Å². The first-order valence-corrected chi connectivity index (χ1v) is 7.53. The van der Waals surface area contributed by atoms with E-state index in [-0.39, 0.29) is 22.5 Å². The topological polar surface area (TPSA) is 63.3 Å². The van der Waals surface area contributed by atoms with Crippen molar-refractivity contribution in [2.45, 2.75) is 19.8 Å². The standard InChI is InChI=1S/C13H15Cl4NO2/c1-6(3-8(5-18)13(19)20)2-7-4-9(14)11(16)12(17)10(7)15/h4,6,8H,2-3,5,18H2,1H3,(H,19,20). The highest BCUT2D eigenvalue weighted by atomic mass is 35.5. The highest BCUT2D eigenvalue weighted by Gasteiger charge is 2.21. The zero-order chi connectivity index (χ0) is 15.4. The molecular weight excluding hydrogens is 344 g/mol. The molecule has 0 radical (unpaired) electrons. The Balaban J connectivity index is 2.86. The molecule has 0 aliphatic rings. The summed E-state index contributed by atoms with van der Waals surface area (Å²) in [5.74, 6) is -1.38. The summed E-state index contributed by atoms with van der Waals surface area (Å²) < 4.78 is 0. The number of carboxylic acid groups (broad SMARTS) is 1. The number of rotatable bonds is 6. The zero-order valence-electron chi connectivity index (χ0n) is 10.8. The van der Waals surface area contributed by atoms with Gasteiger partial charge in [0.25, 0.3) is 0 Å². The fourth-order valence-electron chi connectivity index (χ4n) is 2.01. The number of benzene rings is 1. The molecule has 1 aromatic rings. The summed E-state index contributed by atoms with van der Waals surface area (Å²) in [6.07, 6.45) is 1.01. The second kappa shape index (κ2) is 7.71. The number of aliphatic carboxylic acids is 1. The van der Waals surface area contributed by atoms with Gasteiger partial charge < -0.3 is 10.8 Å². The van der Waals surface area contributed by atoms with Crippen LogP contribution in [0.2, 0.25) is 20.1 Å². The van der Waals surface area contributed by atoms with E-state index in [0.29, 0.717) is 22.9 Å². The minimum atomic E-state index is -0.891. The van der Waals surface area contributed by atoms with Crippen molar-refractivity contribution >= 4 is 52.4 Å². The van der Waals surface area contributed by atoms with Crippen molar-refractivity contribution in [2.75, 3.05) is 6.54 Å². The molecule has 1 aromatic carbocycles. The molecule has 0 saturated heterocycles. The molecule has 0 aliphatic carbocycles. The predicted octanol–water partition coefficient (Wildman–Crippen LogP) is 4.53. The number of nitrogens with two attached hydrogens (primary N) is 1. The van der Waals surface area contributed by atoms with E-state index < -0.39 is 11.9 Å². The highest BCUT2D eigenvalue weighted by molar-refractivity contribution is 6.51. The second-order valence-corrected chi connectivity index (χ2v) is 6.32. The molecule has 3 nitrogen and oxygen atoms in total. The molecule has 7 heteroatoms. The fourth-order valence-corrected chi connectivity index (χ4v) is 2.93. The van der Waals surface area contributed by atoms with Gasteiger partial charge >= 0.3 is 5.97 Å². The average Bonchev–Trinajstić information content (AvgIpc) is 2.39. The molecule has 0 aromatic heterocycles. The van der Waals surface area contributed by atoms with Gasteiger partial charge in [-0.1, -0.05) is 53.3 Å². The third kappa shape index (κ3) is 4.40. The van der Waals surface area contributed by atoms with Crippen LogP contribution in [0.4, 0.5) is 0 Å². The molecule has 0 heterocycles. The van der Waals surface area contributed by atoms with Gasteiger partial charge in [-0.2, -0.15) is 0 Å². The van der Waals surface area contributed by atoms with Crippen molar-refractivity contribution in [3.8, 4) is 0 Å². The van der Waals surface area contributed by atoms with Crippen LogP contribution in [0.3, 0.4) is 0 Å². The van der Waals surface area contributed by atoms with Crippen molar-refractivity contribution in [3.63, 3.8) is 0 Å². The minimum absolute atomic E-state index is 0.0745. The lowest BCUT2D eigenvalue weighted by Gasteiger charge is -2.17. The maximum atomic E-state index is 11.0. The van der Waals surface area contributed by atoms with Crippen LogP contribution in [0, 0.1) is 11.8 Å². The van der Waals surface area contributed by atoms with Crippen LogP contribution in [0.1, 0.15) is 18.9 Å². The van der Waals surface area contributed by atoms with E-state index in [0.717, 1.165) is 5.56 Å². The van der Waals surface area contributed by atoms with Gasteiger partial charge in [0, 0.05) is 6.54 Å². The van der Waals surface area contributed by atoms with Gasteiger partial charge in [0.15, 0.2) is 0 Å². The number of hydrogen-bond donors (Lipinski definition) is 2. The zero-order valence-corrected chi connectivity index (χ0v) is 13.8. The first kappa shape index (κ1) is 17.9. The predicted molar refractivity (Wildman–Crippen MR) is 84.1 cm³/mol. The Kier molecular flexibility index (Phi) is 6.89. The van der Waals surface area contributed by atoms with Gasteiger partial charge in [0.1, 0.15) is 0 Å². The molecule has 0 bridgehead atoms. The summed E-state index contributed by atoms with van der Waals surface area (Å²) in [7, 11) is 0. The lowest BCUT2D eigenvalue weighted by Crippen LogP contribution is -2.25. The summed E-state index contributed by atoms with van der Waals surface area (Å²) in [6, 6.07) is 1.66. The maximum Gasteiger partial charge on any atom is 0.307 e. The maximum absolute atomic E-state index is 11.0. The first-order chi connectivity index (χ1) is 9.27. The van der Waals surface area contributed by atoms with Gasteiger partial charge in [-0.15, -0.1) is 0 Å². The number of hydrogen-bond acceptors (Lipinski definition) is 2. The third-order valence-corrected chi connectivity index (χ3v) is 4.86. The van der Waals surface area contributed by atoms with Gasteiger partial charge in [0.2, 0.25) is 0 Å². The number of carboxylic acids is 1. The normalized spacial score (nSPS) is 14.1. The molecule has 0 spiro atoms. The van der Waals surface area contributed by atoms with Crippen LogP contribution in [0.5, 0.6) is 0 Å². The quantitative estimate of drug-likeness (QED) is 0.580. The molecular formula is C13H15Cl4NO2. The molecule has 0 saturated carbocycles. The summed E-state index contributed by atoms with van der Waals surface area (Å²) in [4.78, 5) is 11.0.